The monoisotopic (exact) mass is 243 g/mol. The van der Waals surface area contributed by atoms with Crippen LogP contribution in [0.4, 0.5) is 0 Å². The molecule has 0 saturated heterocycles. The molecule has 0 fully saturated rings. The Morgan fingerprint density at radius 1 is 1.17 bits per heavy atom. The van der Waals surface area contributed by atoms with E-state index in [1.165, 1.54) is 11.9 Å². The summed E-state index contributed by atoms with van der Waals surface area (Å²) in [5.41, 5.74) is 2.14. The highest BCUT2D eigenvalue weighted by Gasteiger charge is 2.07. The molecule has 0 bridgehead atoms. The normalized spacial score (nSPS) is 12.3. The van der Waals surface area contributed by atoms with Gasteiger partial charge in [0.2, 0.25) is 0 Å². The molecule has 0 aliphatic heterocycles. The molecule has 4 heteroatoms. The van der Waals surface area contributed by atoms with Gasteiger partial charge in [0.05, 0.1) is 12.3 Å². The van der Waals surface area contributed by atoms with Crippen LogP contribution in [0.2, 0.25) is 0 Å². The minimum atomic E-state index is 0.0439. The van der Waals surface area contributed by atoms with Crippen LogP contribution in [0.3, 0.4) is 0 Å². The SMILES string of the molecule is OC[C@@H](Cc1ccccc1)NCc1ccncn1. The summed E-state index contributed by atoms with van der Waals surface area (Å²) in [5, 5.41) is 12.7. The van der Waals surface area contributed by atoms with Crippen LogP contribution in [-0.2, 0) is 13.0 Å². The van der Waals surface area contributed by atoms with Gasteiger partial charge in [0.1, 0.15) is 6.33 Å². The Morgan fingerprint density at radius 2 is 2.00 bits per heavy atom. The van der Waals surface area contributed by atoms with Gasteiger partial charge in [-0.05, 0) is 18.1 Å². The highest BCUT2D eigenvalue weighted by Crippen LogP contribution is 2.03. The number of nitrogens with one attached hydrogen (secondary N) is 1. The summed E-state index contributed by atoms with van der Waals surface area (Å²) < 4.78 is 0. The summed E-state index contributed by atoms with van der Waals surface area (Å²) in [7, 11) is 0. The second-order valence-corrected chi connectivity index (χ2v) is 4.15. The third-order valence-corrected chi connectivity index (χ3v) is 2.76. The molecule has 18 heavy (non-hydrogen) atoms. The van der Waals surface area contributed by atoms with E-state index in [-0.39, 0.29) is 12.6 Å². The molecule has 0 radical (unpaired) electrons. The third kappa shape index (κ3) is 3.91. The summed E-state index contributed by atoms with van der Waals surface area (Å²) in [6.07, 6.45) is 4.06. The van der Waals surface area contributed by atoms with Gasteiger partial charge in [-0.3, -0.25) is 0 Å². The second-order valence-electron chi connectivity index (χ2n) is 4.15. The van der Waals surface area contributed by atoms with Crippen molar-refractivity contribution in [1.82, 2.24) is 15.3 Å². The molecular weight excluding hydrogens is 226 g/mol. The Balaban J connectivity index is 1.86. The van der Waals surface area contributed by atoms with Crippen molar-refractivity contribution in [3.63, 3.8) is 0 Å². The average molecular weight is 243 g/mol. The lowest BCUT2D eigenvalue weighted by Gasteiger charge is -2.16. The molecule has 1 atom stereocenters. The molecule has 0 unspecified atom stereocenters. The quantitative estimate of drug-likeness (QED) is 0.799. The number of hydrogen-bond donors (Lipinski definition) is 2. The molecule has 0 spiro atoms. The van der Waals surface area contributed by atoms with E-state index in [0.717, 1.165) is 12.1 Å². The van der Waals surface area contributed by atoms with Crippen LogP contribution < -0.4 is 5.32 Å². The zero-order valence-electron chi connectivity index (χ0n) is 10.2. The maximum absolute atomic E-state index is 9.37. The van der Waals surface area contributed by atoms with E-state index in [9.17, 15) is 5.11 Å². The molecule has 0 aliphatic rings. The van der Waals surface area contributed by atoms with Crippen molar-refractivity contribution < 1.29 is 5.11 Å². The molecule has 2 N–H and O–H groups in total. The van der Waals surface area contributed by atoms with Gasteiger partial charge in [0.25, 0.3) is 0 Å². The van der Waals surface area contributed by atoms with Crippen molar-refractivity contribution in [2.45, 2.75) is 19.0 Å². The molecule has 2 aromatic rings. The predicted molar refractivity (Wildman–Crippen MR) is 69.9 cm³/mol. The van der Waals surface area contributed by atoms with Crippen molar-refractivity contribution in [1.29, 1.82) is 0 Å². The number of aliphatic hydroxyl groups is 1. The minimum absolute atomic E-state index is 0.0439. The van der Waals surface area contributed by atoms with Crippen molar-refractivity contribution in [3.8, 4) is 0 Å². The molecule has 0 amide bonds. The highest BCUT2D eigenvalue weighted by atomic mass is 16.3. The van der Waals surface area contributed by atoms with Crippen LogP contribution >= 0.6 is 0 Å². The topological polar surface area (TPSA) is 58.0 Å². The first-order valence-electron chi connectivity index (χ1n) is 6.01. The van der Waals surface area contributed by atoms with Gasteiger partial charge in [0.15, 0.2) is 0 Å². The van der Waals surface area contributed by atoms with Gasteiger partial charge < -0.3 is 10.4 Å². The Bertz CT molecular complexity index is 447. The first-order chi connectivity index (χ1) is 8.88. The summed E-state index contributed by atoms with van der Waals surface area (Å²) in [6.45, 7) is 0.751. The van der Waals surface area contributed by atoms with Gasteiger partial charge in [0, 0.05) is 18.8 Å². The fourth-order valence-corrected chi connectivity index (χ4v) is 1.77. The highest BCUT2D eigenvalue weighted by molar-refractivity contribution is 5.16. The third-order valence-electron chi connectivity index (χ3n) is 2.76. The van der Waals surface area contributed by atoms with Crippen LogP contribution in [0.1, 0.15) is 11.3 Å². The van der Waals surface area contributed by atoms with E-state index in [0.29, 0.717) is 6.54 Å². The Hall–Kier alpha value is -1.78. The van der Waals surface area contributed by atoms with Crippen LogP contribution in [0.25, 0.3) is 0 Å². The molecule has 0 aliphatic carbocycles. The first-order valence-corrected chi connectivity index (χ1v) is 6.01. The first kappa shape index (κ1) is 12.7. The number of aromatic nitrogens is 2. The maximum atomic E-state index is 9.37. The molecule has 94 valence electrons. The zero-order chi connectivity index (χ0) is 12.6. The Morgan fingerprint density at radius 3 is 2.67 bits per heavy atom. The van der Waals surface area contributed by atoms with Crippen LogP contribution in [-0.4, -0.2) is 27.7 Å². The van der Waals surface area contributed by atoms with Crippen molar-refractivity contribution in [2.24, 2.45) is 0 Å². The molecule has 1 aromatic heterocycles. The fourth-order valence-electron chi connectivity index (χ4n) is 1.77. The van der Waals surface area contributed by atoms with Crippen molar-refractivity contribution in [3.05, 3.63) is 60.2 Å². The van der Waals surface area contributed by atoms with E-state index in [1.54, 1.807) is 6.20 Å². The lowest BCUT2D eigenvalue weighted by molar-refractivity contribution is 0.240. The fraction of sp³-hybridized carbons (Fsp3) is 0.286. The lowest BCUT2D eigenvalue weighted by Crippen LogP contribution is -2.34. The standard InChI is InChI=1S/C14H17N3O/c18-10-14(8-12-4-2-1-3-5-12)16-9-13-6-7-15-11-17-13/h1-7,11,14,16,18H,8-10H2/t14-/m1/s1. The van der Waals surface area contributed by atoms with E-state index in [4.69, 9.17) is 0 Å². The second kappa shape index (κ2) is 6.83. The smallest absolute Gasteiger partial charge is 0.115 e. The van der Waals surface area contributed by atoms with Crippen molar-refractivity contribution in [2.75, 3.05) is 6.61 Å². The molecule has 4 nitrogen and oxygen atoms in total. The van der Waals surface area contributed by atoms with Gasteiger partial charge in [-0.2, -0.15) is 0 Å². The lowest BCUT2D eigenvalue weighted by atomic mass is 10.1. The maximum Gasteiger partial charge on any atom is 0.115 e. The van der Waals surface area contributed by atoms with Gasteiger partial charge in [-0.15, -0.1) is 0 Å². The molecule has 1 heterocycles. The van der Waals surface area contributed by atoms with Crippen LogP contribution in [0.15, 0.2) is 48.9 Å². The van der Waals surface area contributed by atoms with Gasteiger partial charge in [-0.25, -0.2) is 9.97 Å². The number of hydrogen-bond acceptors (Lipinski definition) is 4. The Kier molecular flexibility index (Phi) is 4.81. The van der Waals surface area contributed by atoms with E-state index in [2.05, 4.69) is 27.4 Å². The largest absolute Gasteiger partial charge is 0.395 e. The number of benzene rings is 1. The van der Waals surface area contributed by atoms with Gasteiger partial charge in [-0.1, -0.05) is 30.3 Å². The summed E-state index contributed by atoms with van der Waals surface area (Å²) in [5.74, 6) is 0. The molecule has 1 aromatic carbocycles. The molecular formula is C14H17N3O. The molecule has 0 saturated carbocycles. The number of aliphatic hydroxyl groups excluding tert-OH is 1. The summed E-state index contributed by atoms with van der Waals surface area (Å²) in [4.78, 5) is 8.01. The average Bonchev–Trinajstić information content (AvgIpc) is 2.45. The van der Waals surface area contributed by atoms with E-state index < -0.39 is 0 Å². The van der Waals surface area contributed by atoms with E-state index in [1.807, 2.05) is 24.3 Å². The predicted octanol–water partition coefficient (Wildman–Crippen LogP) is 1.17. The molecule has 2 rings (SSSR count). The zero-order valence-corrected chi connectivity index (χ0v) is 10.2. The van der Waals surface area contributed by atoms with Gasteiger partial charge >= 0.3 is 0 Å². The summed E-state index contributed by atoms with van der Waals surface area (Å²) >= 11 is 0. The number of nitrogens with zero attached hydrogens (tertiary/aromatic N) is 2. The van der Waals surface area contributed by atoms with Crippen LogP contribution in [0.5, 0.6) is 0 Å². The van der Waals surface area contributed by atoms with Crippen molar-refractivity contribution >= 4 is 0 Å². The number of rotatable bonds is 6. The van der Waals surface area contributed by atoms with Crippen LogP contribution in [0, 0.1) is 0 Å². The Labute approximate surface area is 107 Å². The minimum Gasteiger partial charge on any atom is -0.395 e. The summed E-state index contributed by atoms with van der Waals surface area (Å²) in [6, 6.07) is 12.0. The van der Waals surface area contributed by atoms with E-state index >= 15 is 0 Å².